The van der Waals surface area contributed by atoms with Gasteiger partial charge in [0.15, 0.2) is 0 Å². The minimum absolute atomic E-state index is 0.00822. The number of nitrogen functional groups attached to an aromatic ring is 1. The van der Waals surface area contributed by atoms with Crippen molar-refractivity contribution >= 4 is 17.4 Å². The molecule has 182 valence electrons. The Morgan fingerprint density at radius 2 is 1.71 bits per heavy atom. The highest BCUT2D eigenvalue weighted by molar-refractivity contribution is 5.99. The summed E-state index contributed by atoms with van der Waals surface area (Å²) < 4.78 is 38.2. The minimum atomic E-state index is -4.49. The van der Waals surface area contributed by atoms with Crippen molar-refractivity contribution in [1.82, 2.24) is 19.8 Å². The van der Waals surface area contributed by atoms with Gasteiger partial charge in [-0.05, 0) is 68.6 Å². The van der Waals surface area contributed by atoms with E-state index in [4.69, 9.17) is 11.1 Å². The summed E-state index contributed by atoms with van der Waals surface area (Å²) in [5.41, 5.74) is 6.61. The van der Waals surface area contributed by atoms with Crippen LogP contribution in [0.2, 0.25) is 0 Å². The largest absolute Gasteiger partial charge is 0.433 e. The summed E-state index contributed by atoms with van der Waals surface area (Å²) in [7, 11) is 0. The van der Waals surface area contributed by atoms with Crippen LogP contribution in [0.3, 0.4) is 0 Å². The number of amides is 1. The van der Waals surface area contributed by atoms with Gasteiger partial charge < -0.3 is 16.0 Å². The monoisotopic (exact) mass is 474 g/mol. The molecule has 2 aromatic rings. The van der Waals surface area contributed by atoms with Crippen molar-refractivity contribution in [2.75, 3.05) is 31.9 Å². The van der Waals surface area contributed by atoms with Crippen LogP contribution in [-0.2, 0) is 17.5 Å². The number of nitrogens with one attached hydrogen (secondary N) is 1. The van der Waals surface area contributed by atoms with E-state index < -0.39 is 11.9 Å². The molecule has 0 atom stereocenters. The molecule has 7 nitrogen and oxygen atoms in total. The third-order valence-corrected chi connectivity index (χ3v) is 6.77. The van der Waals surface area contributed by atoms with Crippen molar-refractivity contribution in [2.45, 2.75) is 38.4 Å². The quantitative estimate of drug-likeness (QED) is 0.646. The molecule has 10 heteroatoms. The molecular formula is C24H29F3N6O. The second-order valence-electron chi connectivity index (χ2n) is 9.08. The lowest BCUT2D eigenvalue weighted by atomic mass is 9.87. The first-order valence-electron chi connectivity index (χ1n) is 11.5. The molecule has 4 rings (SSSR count). The Hall–Kier alpha value is -3.01. The van der Waals surface area contributed by atoms with Crippen molar-refractivity contribution in [3.63, 3.8) is 0 Å². The number of rotatable bonds is 5. The fourth-order valence-electron chi connectivity index (χ4n) is 4.79. The molecule has 2 aromatic heterocycles. The zero-order valence-electron chi connectivity index (χ0n) is 18.9. The van der Waals surface area contributed by atoms with Gasteiger partial charge in [0.05, 0.1) is 0 Å². The first kappa shape index (κ1) is 24.1. The zero-order chi connectivity index (χ0) is 24.3. The molecule has 0 radical (unpaired) electrons. The molecule has 0 aromatic carbocycles. The molecule has 2 fully saturated rings. The van der Waals surface area contributed by atoms with Crippen LogP contribution < -0.4 is 5.73 Å². The van der Waals surface area contributed by atoms with E-state index in [0.717, 1.165) is 50.3 Å². The number of piperidine rings is 2. The van der Waals surface area contributed by atoms with Gasteiger partial charge >= 0.3 is 6.18 Å². The fourth-order valence-corrected chi connectivity index (χ4v) is 4.79. The van der Waals surface area contributed by atoms with Crippen LogP contribution in [0.1, 0.15) is 42.5 Å². The van der Waals surface area contributed by atoms with E-state index in [2.05, 4.69) is 14.9 Å². The lowest BCUT2D eigenvalue weighted by Crippen LogP contribution is -2.46. The summed E-state index contributed by atoms with van der Waals surface area (Å²) in [5.74, 6) is 0.605. The number of hydrogen-bond acceptors (Lipinski definition) is 6. The van der Waals surface area contributed by atoms with Gasteiger partial charge in [-0.25, -0.2) is 4.98 Å². The van der Waals surface area contributed by atoms with Gasteiger partial charge in [-0.1, -0.05) is 0 Å². The van der Waals surface area contributed by atoms with Crippen LogP contribution in [0.4, 0.5) is 19.0 Å². The number of halogens is 3. The maximum atomic E-state index is 13.1. The lowest BCUT2D eigenvalue weighted by Gasteiger charge is -2.37. The zero-order valence-corrected chi connectivity index (χ0v) is 18.9. The highest BCUT2D eigenvalue weighted by Crippen LogP contribution is 2.29. The summed E-state index contributed by atoms with van der Waals surface area (Å²) in [4.78, 5) is 24.7. The number of hydrogen-bond donors (Lipinski definition) is 2. The average molecular weight is 475 g/mol. The molecule has 0 unspecified atom stereocenters. The van der Waals surface area contributed by atoms with E-state index in [1.54, 1.807) is 6.20 Å². The number of nitrogens with two attached hydrogens (primary N) is 1. The second kappa shape index (κ2) is 10.1. The van der Waals surface area contributed by atoms with Crippen LogP contribution in [0.15, 0.2) is 36.7 Å². The average Bonchev–Trinajstić information content (AvgIpc) is 2.83. The van der Waals surface area contributed by atoms with E-state index >= 15 is 0 Å². The predicted molar refractivity (Wildman–Crippen MR) is 122 cm³/mol. The van der Waals surface area contributed by atoms with E-state index in [-0.39, 0.29) is 17.7 Å². The predicted octanol–water partition coefficient (Wildman–Crippen LogP) is 3.60. The van der Waals surface area contributed by atoms with Crippen LogP contribution in [-0.4, -0.2) is 57.6 Å². The molecule has 34 heavy (non-hydrogen) atoms. The van der Waals surface area contributed by atoms with Crippen LogP contribution in [0, 0.1) is 17.2 Å². The van der Waals surface area contributed by atoms with Crippen LogP contribution >= 0.6 is 0 Å². The number of alkyl halides is 3. The van der Waals surface area contributed by atoms with Crippen LogP contribution in [0.5, 0.6) is 0 Å². The number of carbonyl (C=O) groups excluding carboxylic acids is 1. The molecule has 4 heterocycles. The summed E-state index contributed by atoms with van der Waals surface area (Å²) in [6.45, 7) is 3.62. The normalized spacial score (nSPS) is 18.7. The van der Waals surface area contributed by atoms with E-state index in [1.807, 2.05) is 17.0 Å². The number of aromatic nitrogens is 2. The highest BCUT2D eigenvalue weighted by Gasteiger charge is 2.34. The second-order valence-corrected chi connectivity index (χ2v) is 9.08. The molecule has 0 saturated carbocycles. The summed E-state index contributed by atoms with van der Waals surface area (Å²) >= 11 is 0. The SMILES string of the molecule is N=C(c1ccc(C(F)(F)F)nc1)C1CCN(C(=O)C2CCN(Cc3ccnc(N)c3)CC2)CC1. The Bertz CT molecular complexity index is 1010. The van der Waals surface area contributed by atoms with E-state index in [1.165, 1.54) is 6.07 Å². The van der Waals surface area contributed by atoms with Gasteiger partial charge in [-0.3, -0.25) is 14.7 Å². The van der Waals surface area contributed by atoms with Gasteiger partial charge in [0.1, 0.15) is 11.5 Å². The molecule has 2 aliphatic rings. The number of nitrogens with zero attached hydrogens (tertiary/aromatic N) is 4. The van der Waals surface area contributed by atoms with Crippen molar-refractivity contribution in [1.29, 1.82) is 5.41 Å². The fraction of sp³-hybridized carbons (Fsp3) is 0.500. The standard InChI is InChI=1S/C24H29F3N6O/c25-24(26,27)20-2-1-19(14-31-20)22(29)17-6-11-33(12-7-17)23(34)18-4-9-32(10-5-18)15-16-3-8-30-21(28)13-16/h1-3,8,13-14,17-18,29H,4-7,9-12,15H2,(H2,28,30). The summed E-state index contributed by atoms with van der Waals surface area (Å²) in [6.07, 6.45) is 1.23. The Kier molecular flexibility index (Phi) is 7.16. The lowest BCUT2D eigenvalue weighted by molar-refractivity contribution is -0.141. The first-order valence-corrected chi connectivity index (χ1v) is 11.5. The van der Waals surface area contributed by atoms with Gasteiger partial charge in [-0.2, -0.15) is 13.2 Å². The number of pyridine rings is 2. The Morgan fingerprint density at radius 3 is 2.29 bits per heavy atom. The summed E-state index contributed by atoms with van der Waals surface area (Å²) in [6, 6.07) is 6.05. The van der Waals surface area contributed by atoms with Crippen molar-refractivity contribution < 1.29 is 18.0 Å². The number of anilines is 1. The third-order valence-electron chi connectivity index (χ3n) is 6.77. The Balaban J connectivity index is 1.24. The van der Waals surface area contributed by atoms with E-state index in [9.17, 15) is 18.0 Å². The molecule has 1 amide bonds. The molecule has 0 bridgehead atoms. The van der Waals surface area contributed by atoms with E-state index in [0.29, 0.717) is 43.0 Å². The number of carbonyl (C=O) groups is 1. The highest BCUT2D eigenvalue weighted by atomic mass is 19.4. The van der Waals surface area contributed by atoms with Gasteiger partial charge in [-0.15, -0.1) is 0 Å². The smallest absolute Gasteiger partial charge is 0.384 e. The van der Waals surface area contributed by atoms with Crippen molar-refractivity contribution in [2.24, 2.45) is 11.8 Å². The molecular weight excluding hydrogens is 445 g/mol. The Labute approximate surface area is 196 Å². The van der Waals surface area contributed by atoms with Crippen LogP contribution in [0.25, 0.3) is 0 Å². The number of likely N-dealkylation sites (tertiary alicyclic amines) is 2. The van der Waals surface area contributed by atoms with Crippen molar-refractivity contribution in [3.05, 3.63) is 53.5 Å². The molecule has 0 aliphatic carbocycles. The first-order chi connectivity index (χ1) is 16.2. The Morgan fingerprint density at radius 1 is 1.03 bits per heavy atom. The maximum Gasteiger partial charge on any atom is 0.433 e. The molecule has 0 spiro atoms. The van der Waals surface area contributed by atoms with Gasteiger partial charge in [0, 0.05) is 55.1 Å². The molecule has 3 N–H and O–H groups in total. The van der Waals surface area contributed by atoms with Gasteiger partial charge in [0.2, 0.25) is 5.91 Å². The maximum absolute atomic E-state index is 13.1. The van der Waals surface area contributed by atoms with Gasteiger partial charge in [0.25, 0.3) is 0 Å². The summed E-state index contributed by atoms with van der Waals surface area (Å²) in [5, 5.41) is 8.41. The molecule has 2 aliphatic heterocycles. The third kappa shape index (κ3) is 5.72. The topological polar surface area (TPSA) is 99.2 Å². The van der Waals surface area contributed by atoms with Crippen molar-refractivity contribution in [3.8, 4) is 0 Å². The molecule has 2 saturated heterocycles. The minimum Gasteiger partial charge on any atom is -0.384 e.